The van der Waals surface area contributed by atoms with E-state index in [9.17, 15) is 21.6 Å². The van der Waals surface area contributed by atoms with Gasteiger partial charge in [0.1, 0.15) is 0 Å². The number of fused-ring (bicyclic) bond motifs is 1. The van der Waals surface area contributed by atoms with Gasteiger partial charge in [0.25, 0.3) is 0 Å². The summed E-state index contributed by atoms with van der Waals surface area (Å²) in [6.45, 7) is 4.35. The Morgan fingerprint density at radius 3 is 2.08 bits per heavy atom. The molecule has 0 spiro atoms. The molecule has 2 aromatic carbocycles. The van der Waals surface area contributed by atoms with E-state index in [0.717, 1.165) is 6.07 Å². The molecule has 0 aliphatic carbocycles. The lowest BCUT2D eigenvalue weighted by molar-refractivity contribution is -0.0499. The first kappa shape index (κ1) is 21.1. The van der Waals surface area contributed by atoms with Crippen molar-refractivity contribution in [1.82, 2.24) is 0 Å². The zero-order chi connectivity index (χ0) is 19.1. The molecule has 9 heteroatoms. The van der Waals surface area contributed by atoms with E-state index < -0.39 is 21.4 Å². The molecule has 0 aliphatic heterocycles. The van der Waals surface area contributed by atoms with Gasteiger partial charge in [0.2, 0.25) is 0 Å². The Morgan fingerprint density at radius 1 is 1.08 bits per heavy atom. The number of thioether (sulfide) groups is 1. The van der Waals surface area contributed by atoms with E-state index in [4.69, 9.17) is 5.26 Å². The molecular weight excluding hydrogens is 375 g/mol. The van der Waals surface area contributed by atoms with E-state index in [1.54, 1.807) is 6.07 Å². The maximum absolute atomic E-state index is 12.3. The second kappa shape index (κ2) is 8.97. The van der Waals surface area contributed by atoms with Crippen LogP contribution < -0.4 is 4.18 Å². The fourth-order valence-electron chi connectivity index (χ4n) is 1.81. The second-order valence-electron chi connectivity index (χ2n) is 4.53. The number of nitriles is 1. The van der Waals surface area contributed by atoms with Gasteiger partial charge in [0, 0.05) is 10.8 Å². The molecule has 0 saturated carbocycles. The molecule has 0 N–H and O–H groups in total. The first-order valence-corrected chi connectivity index (χ1v) is 9.74. The Bertz CT molecular complexity index is 857. The van der Waals surface area contributed by atoms with Gasteiger partial charge in [0.15, 0.2) is 5.75 Å². The summed E-state index contributed by atoms with van der Waals surface area (Å²) in [5, 5.41) is 9.32. The molecule has 136 valence electrons. The van der Waals surface area contributed by atoms with Crippen LogP contribution in [0.3, 0.4) is 0 Å². The molecule has 2 rings (SSSR count). The quantitative estimate of drug-likeness (QED) is 0.558. The maximum atomic E-state index is 12.3. The Morgan fingerprint density at radius 2 is 1.64 bits per heavy atom. The van der Waals surface area contributed by atoms with Gasteiger partial charge in [-0.2, -0.15) is 38.6 Å². The molecule has 0 amide bonds. The number of halogens is 3. The fraction of sp³-hybridized carbons (Fsp3) is 0.312. The molecule has 0 radical (unpaired) electrons. The number of hydrogen-bond donors (Lipinski definition) is 0. The summed E-state index contributed by atoms with van der Waals surface area (Å²) in [7, 11) is -5.74. The number of nitrogens with zero attached hydrogens (tertiary/aromatic N) is 1. The van der Waals surface area contributed by atoms with Crippen molar-refractivity contribution >= 4 is 32.7 Å². The normalized spacial score (nSPS) is 11.4. The van der Waals surface area contributed by atoms with E-state index in [-0.39, 0.29) is 10.9 Å². The molecule has 0 heterocycles. The summed E-state index contributed by atoms with van der Waals surface area (Å²) >= 11 is 1.96. The third-order valence-corrected chi connectivity index (χ3v) is 4.68. The third-order valence-electron chi connectivity index (χ3n) is 2.90. The van der Waals surface area contributed by atoms with Gasteiger partial charge in [-0.15, -0.1) is 0 Å². The molecular formula is C16H16F3NO3S2. The smallest absolute Gasteiger partial charge is 0.375 e. The van der Waals surface area contributed by atoms with Crippen molar-refractivity contribution in [2.75, 3.05) is 11.5 Å². The van der Waals surface area contributed by atoms with Gasteiger partial charge in [-0.3, -0.25) is 0 Å². The van der Waals surface area contributed by atoms with Crippen molar-refractivity contribution < 1.29 is 25.8 Å². The van der Waals surface area contributed by atoms with Gasteiger partial charge < -0.3 is 4.18 Å². The summed E-state index contributed by atoms with van der Waals surface area (Å²) in [5.41, 5.74) is -5.31. The van der Waals surface area contributed by atoms with Crippen molar-refractivity contribution in [3.05, 3.63) is 42.0 Å². The van der Waals surface area contributed by atoms with Crippen LogP contribution in [0.4, 0.5) is 13.2 Å². The van der Waals surface area contributed by atoms with E-state index in [2.05, 4.69) is 18.0 Å². The highest BCUT2D eigenvalue weighted by molar-refractivity contribution is 7.99. The minimum Gasteiger partial charge on any atom is -0.375 e. The summed E-state index contributed by atoms with van der Waals surface area (Å²) in [6, 6.07) is 10.0. The Kier molecular flexibility index (Phi) is 7.58. The first-order valence-electron chi connectivity index (χ1n) is 7.18. The van der Waals surface area contributed by atoms with Gasteiger partial charge >= 0.3 is 15.6 Å². The molecule has 0 unspecified atom stereocenters. The van der Waals surface area contributed by atoms with Gasteiger partial charge in [-0.25, -0.2) is 0 Å². The van der Waals surface area contributed by atoms with E-state index in [1.165, 1.54) is 35.8 Å². The van der Waals surface area contributed by atoms with Gasteiger partial charge in [-0.1, -0.05) is 38.1 Å². The number of hydrogen-bond acceptors (Lipinski definition) is 5. The number of rotatable bonds is 4. The zero-order valence-corrected chi connectivity index (χ0v) is 15.1. The molecule has 25 heavy (non-hydrogen) atoms. The first-order chi connectivity index (χ1) is 11.7. The predicted molar refractivity (Wildman–Crippen MR) is 92.9 cm³/mol. The van der Waals surface area contributed by atoms with Crippen molar-refractivity contribution in [2.24, 2.45) is 0 Å². The van der Waals surface area contributed by atoms with Gasteiger partial charge in [-0.05, 0) is 23.6 Å². The lowest BCUT2D eigenvalue weighted by Gasteiger charge is -2.11. The van der Waals surface area contributed by atoms with E-state index >= 15 is 0 Å². The van der Waals surface area contributed by atoms with Crippen LogP contribution in [0.15, 0.2) is 36.4 Å². The highest BCUT2D eigenvalue weighted by Gasteiger charge is 2.48. The van der Waals surface area contributed by atoms with Crippen LogP contribution in [0.1, 0.15) is 19.4 Å². The number of benzene rings is 2. The average Bonchev–Trinajstić information content (AvgIpc) is 2.55. The standard InChI is InChI=1S/C12H6F3NO3S.C4H10S/c13-12(14,15)20(17,18)19-11-6-5-8(7-16)9-3-1-2-4-10(9)11;1-3-5-4-2/h1-6H;3-4H2,1-2H3. The Labute approximate surface area is 148 Å². The molecule has 0 aromatic heterocycles. The highest BCUT2D eigenvalue weighted by Crippen LogP contribution is 2.33. The summed E-state index contributed by atoms with van der Waals surface area (Å²) in [5.74, 6) is 2.05. The summed E-state index contributed by atoms with van der Waals surface area (Å²) in [6.07, 6.45) is 0. The topological polar surface area (TPSA) is 67.2 Å². The zero-order valence-electron chi connectivity index (χ0n) is 13.5. The average molecular weight is 391 g/mol. The van der Waals surface area contributed by atoms with Crippen LogP contribution in [-0.4, -0.2) is 25.4 Å². The maximum Gasteiger partial charge on any atom is 0.534 e. The van der Waals surface area contributed by atoms with Crippen LogP contribution in [0.5, 0.6) is 5.75 Å². The minimum atomic E-state index is -5.74. The molecule has 0 fully saturated rings. The van der Waals surface area contributed by atoms with Crippen LogP contribution in [0.2, 0.25) is 0 Å². The molecule has 0 atom stereocenters. The second-order valence-corrected chi connectivity index (χ2v) is 7.63. The molecule has 2 aromatic rings. The molecule has 0 bridgehead atoms. The number of alkyl halides is 3. The van der Waals surface area contributed by atoms with E-state index in [1.807, 2.05) is 17.8 Å². The van der Waals surface area contributed by atoms with Crippen molar-refractivity contribution in [2.45, 2.75) is 19.4 Å². The monoisotopic (exact) mass is 391 g/mol. The fourth-order valence-corrected chi connectivity index (χ4v) is 2.70. The van der Waals surface area contributed by atoms with Crippen molar-refractivity contribution in [3.8, 4) is 11.8 Å². The van der Waals surface area contributed by atoms with Crippen molar-refractivity contribution in [1.29, 1.82) is 5.26 Å². The summed E-state index contributed by atoms with van der Waals surface area (Å²) in [4.78, 5) is 0. The minimum absolute atomic E-state index is 0.111. The van der Waals surface area contributed by atoms with Crippen LogP contribution in [-0.2, 0) is 10.1 Å². The van der Waals surface area contributed by atoms with Crippen LogP contribution in [0.25, 0.3) is 10.8 Å². The van der Waals surface area contributed by atoms with Crippen LogP contribution in [0, 0.1) is 11.3 Å². The predicted octanol–water partition coefficient (Wildman–Crippen LogP) is 4.70. The molecule has 0 aliphatic rings. The SMILES string of the molecule is CCSCC.N#Cc1ccc(OS(=O)(=O)C(F)(F)F)c2ccccc12. The third kappa shape index (κ3) is 5.54. The van der Waals surface area contributed by atoms with Crippen molar-refractivity contribution in [3.63, 3.8) is 0 Å². The van der Waals surface area contributed by atoms with Crippen LogP contribution >= 0.6 is 11.8 Å². The molecule has 0 saturated heterocycles. The van der Waals surface area contributed by atoms with Gasteiger partial charge in [0.05, 0.1) is 11.6 Å². The Balaban J connectivity index is 0.000000550. The highest BCUT2D eigenvalue weighted by atomic mass is 32.2. The lowest BCUT2D eigenvalue weighted by Crippen LogP contribution is -2.28. The Hall–Kier alpha value is -1.92. The molecule has 4 nitrogen and oxygen atoms in total. The van der Waals surface area contributed by atoms with E-state index in [0.29, 0.717) is 5.39 Å². The summed E-state index contributed by atoms with van der Waals surface area (Å²) < 4.78 is 63.0. The largest absolute Gasteiger partial charge is 0.534 e. The lowest BCUT2D eigenvalue weighted by atomic mass is 10.0.